The van der Waals surface area contributed by atoms with Gasteiger partial charge in [0.05, 0.1) is 28.9 Å². The van der Waals surface area contributed by atoms with Crippen LogP contribution in [0.3, 0.4) is 0 Å². The van der Waals surface area contributed by atoms with Crippen LogP contribution in [0, 0.1) is 0 Å². The van der Waals surface area contributed by atoms with Gasteiger partial charge < -0.3 is 15.4 Å². The SMILES string of the molecule is Nc1c(Cl)cc(C(=CC(=O)N2CCOCC2)c2ccccc2)cc1Cl. The summed E-state index contributed by atoms with van der Waals surface area (Å²) in [6.45, 7) is 2.28. The summed E-state index contributed by atoms with van der Waals surface area (Å²) >= 11 is 12.4. The van der Waals surface area contributed by atoms with Crippen molar-refractivity contribution in [3.8, 4) is 0 Å². The van der Waals surface area contributed by atoms with Gasteiger partial charge in [-0.1, -0.05) is 53.5 Å². The highest BCUT2D eigenvalue weighted by molar-refractivity contribution is 6.39. The molecule has 0 aromatic heterocycles. The van der Waals surface area contributed by atoms with E-state index in [0.717, 1.165) is 16.7 Å². The van der Waals surface area contributed by atoms with Crippen molar-refractivity contribution >= 4 is 40.4 Å². The van der Waals surface area contributed by atoms with Crippen LogP contribution >= 0.6 is 23.2 Å². The number of hydrogen-bond acceptors (Lipinski definition) is 3. The Balaban J connectivity index is 2.04. The molecule has 2 aromatic carbocycles. The predicted octanol–water partition coefficient (Wildman–Crippen LogP) is 3.87. The fourth-order valence-electron chi connectivity index (χ4n) is 2.69. The highest BCUT2D eigenvalue weighted by atomic mass is 35.5. The minimum Gasteiger partial charge on any atom is -0.396 e. The van der Waals surface area contributed by atoms with Crippen molar-refractivity contribution in [3.05, 3.63) is 69.7 Å². The second kappa shape index (κ2) is 7.91. The van der Waals surface area contributed by atoms with E-state index >= 15 is 0 Å². The van der Waals surface area contributed by atoms with Crippen molar-refractivity contribution in [2.45, 2.75) is 0 Å². The first kappa shape index (κ1) is 17.8. The van der Waals surface area contributed by atoms with Crippen LogP contribution < -0.4 is 5.73 Å². The van der Waals surface area contributed by atoms with Gasteiger partial charge in [-0.05, 0) is 28.8 Å². The summed E-state index contributed by atoms with van der Waals surface area (Å²) in [5, 5.41) is 0.728. The molecule has 130 valence electrons. The van der Waals surface area contributed by atoms with E-state index in [2.05, 4.69) is 0 Å². The van der Waals surface area contributed by atoms with Crippen LogP contribution in [-0.2, 0) is 9.53 Å². The van der Waals surface area contributed by atoms with E-state index in [1.807, 2.05) is 30.3 Å². The fourth-order valence-corrected chi connectivity index (χ4v) is 3.18. The van der Waals surface area contributed by atoms with E-state index in [9.17, 15) is 4.79 Å². The third kappa shape index (κ3) is 4.15. The number of carbonyl (C=O) groups is 1. The number of rotatable bonds is 3. The first-order chi connectivity index (χ1) is 12.1. The van der Waals surface area contributed by atoms with Crippen molar-refractivity contribution in [2.24, 2.45) is 0 Å². The van der Waals surface area contributed by atoms with E-state index in [-0.39, 0.29) is 5.91 Å². The lowest BCUT2D eigenvalue weighted by molar-refractivity contribution is -0.129. The van der Waals surface area contributed by atoms with Crippen LogP contribution in [0.5, 0.6) is 0 Å². The van der Waals surface area contributed by atoms with E-state index in [4.69, 9.17) is 33.7 Å². The molecule has 4 nitrogen and oxygen atoms in total. The van der Waals surface area contributed by atoms with Crippen LogP contribution in [0.25, 0.3) is 5.57 Å². The quantitative estimate of drug-likeness (QED) is 0.653. The lowest BCUT2D eigenvalue weighted by Gasteiger charge is -2.26. The van der Waals surface area contributed by atoms with Gasteiger partial charge in [0.15, 0.2) is 0 Å². The number of anilines is 1. The number of nitrogen functional groups attached to an aromatic ring is 1. The van der Waals surface area contributed by atoms with E-state index in [1.54, 1.807) is 23.1 Å². The van der Waals surface area contributed by atoms with Crippen molar-refractivity contribution in [2.75, 3.05) is 32.0 Å². The first-order valence-corrected chi connectivity index (χ1v) is 8.70. The summed E-state index contributed by atoms with van der Waals surface area (Å²) in [6.07, 6.45) is 1.62. The number of nitrogens with zero attached hydrogens (tertiary/aromatic N) is 1. The average Bonchev–Trinajstić information content (AvgIpc) is 2.65. The predicted molar refractivity (Wildman–Crippen MR) is 102 cm³/mol. The van der Waals surface area contributed by atoms with Gasteiger partial charge in [-0.25, -0.2) is 0 Å². The molecular weight excluding hydrogens is 359 g/mol. The number of nitrogens with two attached hydrogens (primary N) is 1. The van der Waals surface area contributed by atoms with E-state index in [1.165, 1.54) is 0 Å². The Hall–Kier alpha value is -2.01. The smallest absolute Gasteiger partial charge is 0.247 e. The molecule has 0 bridgehead atoms. The Labute approximate surface area is 156 Å². The van der Waals surface area contributed by atoms with Gasteiger partial charge in [0, 0.05) is 19.2 Å². The number of carbonyl (C=O) groups excluding carboxylic acids is 1. The molecular formula is C19H18Cl2N2O2. The molecule has 0 radical (unpaired) electrons. The van der Waals surface area contributed by atoms with Gasteiger partial charge in [-0.15, -0.1) is 0 Å². The Morgan fingerprint density at radius 3 is 2.24 bits per heavy atom. The minimum absolute atomic E-state index is 0.0637. The summed E-state index contributed by atoms with van der Waals surface area (Å²) in [4.78, 5) is 14.5. The topological polar surface area (TPSA) is 55.6 Å². The zero-order valence-corrected chi connectivity index (χ0v) is 15.1. The van der Waals surface area contributed by atoms with Crippen LogP contribution in [-0.4, -0.2) is 37.1 Å². The average molecular weight is 377 g/mol. The fraction of sp³-hybridized carbons (Fsp3) is 0.211. The lowest BCUT2D eigenvalue weighted by atomic mass is 9.97. The molecule has 0 atom stereocenters. The second-order valence-electron chi connectivity index (χ2n) is 5.72. The number of benzene rings is 2. The number of morpholine rings is 1. The lowest BCUT2D eigenvalue weighted by Crippen LogP contribution is -2.39. The Kier molecular flexibility index (Phi) is 5.63. The summed E-state index contributed by atoms with van der Waals surface area (Å²) in [5.41, 5.74) is 8.57. The van der Waals surface area contributed by atoms with Crippen molar-refractivity contribution < 1.29 is 9.53 Å². The zero-order chi connectivity index (χ0) is 17.8. The van der Waals surface area contributed by atoms with Crippen LogP contribution in [0.4, 0.5) is 5.69 Å². The standard InChI is InChI=1S/C19H18Cl2N2O2/c20-16-10-14(11-17(21)19(16)22)15(13-4-2-1-3-5-13)12-18(24)23-6-8-25-9-7-23/h1-5,10-12H,6-9,22H2. The van der Waals surface area contributed by atoms with Gasteiger partial charge in [0.2, 0.25) is 5.91 Å². The molecule has 25 heavy (non-hydrogen) atoms. The third-order valence-electron chi connectivity index (χ3n) is 4.07. The molecule has 0 unspecified atom stereocenters. The van der Waals surface area contributed by atoms with Gasteiger partial charge >= 0.3 is 0 Å². The Morgan fingerprint density at radius 2 is 1.64 bits per heavy atom. The first-order valence-electron chi connectivity index (χ1n) is 7.95. The van der Waals surface area contributed by atoms with Gasteiger partial charge in [0.25, 0.3) is 0 Å². The number of amides is 1. The molecule has 2 aromatic rings. The normalized spacial score (nSPS) is 15.3. The highest BCUT2D eigenvalue weighted by Gasteiger charge is 2.17. The molecule has 1 saturated heterocycles. The van der Waals surface area contributed by atoms with Crippen LogP contribution in [0.2, 0.25) is 10.0 Å². The van der Waals surface area contributed by atoms with Crippen LogP contribution in [0.1, 0.15) is 11.1 Å². The largest absolute Gasteiger partial charge is 0.396 e. The molecule has 2 N–H and O–H groups in total. The molecule has 3 rings (SSSR count). The van der Waals surface area contributed by atoms with Crippen molar-refractivity contribution in [1.29, 1.82) is 0 Å². The summed E-state index contributed by atoms with van der Waals surface area (Å²) in [6, 6.07) is 13.1. The molecule has 1 fully saturated rings. The number of hydrogen-bond donors (Lipinski definition) is 1. The Bertz CT molecular complexity index is 777. The minimum atomic E-state index is -0.0637. The van der Waals surface area contributed by atoms with Crippen molar-refractivity contribution in [3.63, 3.8) is 0 Å². The highest BCUT2D eigenvalue weighted by Crippen LogP contribution is 2.34. The van der Waals surface area contributed by atoms with E-state index in [0.29, 0.717) is 42.0 Å². The molecule has 1 aliphatic heterocycles. The van der Waals surface area contributed by atoms with Gasteiger partial charge in [-0.2, -0.15) is 0 Å². The zero-order valence-electron chi connectivity index (χ0n) is 13.5. The summed E-state index contributed by atoms with van der Waals surface area (Å²) in [7, 11) is 0. The molecule has 0 saturated carbocycles. The molecule has 1 amide bonds. The van der Waals surface area contributed by atoms with Gasteiger partial charge in [0.1, 0.15) is 0 Å². The third-order valence-corrected chi connectivity index (χ3v) is 4.69. The molecule has 1 heterocycles. The monoisotopic (exact) mass is 376 g/mol. The maximum atomic E-state index is 12.7. The second-order valence-corrected chi connectivity index (χ2v) is 6.53. The molecule has 0 aliphatic carbocycles. The molecule has 1 aliphatic rings. The maximum Gasteiger partial charge on any atom is 0.247 e. The number of ether oxygens (including phenoxy) is 1. The van der Waals surface area contributed by atoms with Gasteiger partial charge in [-0.3, -0.25) is 4.79 Å². The van der Waals surface area contributed by atoms with Crippen LogP contribution in [0.15, 0.2) is 48.5 Å². The molecule has 6 heteroatoms. The van der Waals surface area contributed by atoms with Crippen molar-refractivity contribution in [1.82, 2.24) is 4.90 Å². The Morgan fingerprint density at radius 1 is 1.04 bits per heavy atom. The summed E-state index contributed by atoms with van der Waals surface area (Å²) < 4.78 is 5.31. The summed E-state index contributed by atoms with van der Waals surface area (Å²) in [5.74, 6) is -0.0637. The van der Waals surface area contributed by atoms with E-state index < -0.39 is 0 Å². The number of halogens is 2. The maximum absolute atomic E-state index is 12.7. The molecule has 0 spiro atoms.